The van der Waals surface area contributed by atoms with Crippen LogP contribution in [0.2, 0.25) is 0 Å². The Morgan fingerprint density at radius 1 is 1.17 bits per heavy atom. The summed E-state index contributed by atoms with van der Waals surface area (Å²) in [6.45, 7) is 1.52. The second kappa shape index (κ2) is 10.6. The number of amides is 4. The van der Waals surface area contributed by atoms with Crippen LogP contribution in [-0.4, -0.2) is 59.1 Å². The van der Waals surface area contributed by atoms with Crippen molar-refractivity contribution in [3.05, 3.63) is 41.2 Å². The van der Waals surface area contributed by atoms with Crippen molar-refractivity contribution < 1.29 is 18.8 Å². The lowest BCUT2D eigenvalue weighted by atomic mass is 9.96. The van der Waals surface area contributed by atoms with Crippen LogP contribution in [0, 0.1) is 11.7 Å². The molecule has 1 aliphatic rings. The Labute approximate surface area is 177 Å². The number of likely N-dealkylation sites (tertiary alicyclic amines) is 1. The molecule has 30 heavy (non-hydrogen) atoms. The fraction of sp³-hybridized carbons (Fsp3) is 0.421. The molecule has 9 nitrogen and oxygen atoms in total. The second-order valence-electron chi connectivity index (χ2n) is 6.88. The topological polar surface area (TPSA) is 116 Å². The Morgan fingerprint density at radius 3 is 2.63 bits per heavy atom. The first-order chi connectivity index (χ1) is 14.5. The highest BCUT2D eigenvalue weighted by molar-refractivity contribution is 7.13. The average molecular weight is 434 g/mol. The van der Waals surface area contributed by atoms with E-state index in [1.807, 2.05) is 0 Å². The van der Waals surface area contributed by atoms with Gasteiger partial charge in [-0.1, -0.05) is 23.5 Å². The summed E-state index contributed by atoms with van der Waals surface area (Å²) in [7, 11) is 0. The summed E-state index contributed by atoms with van der Waals surface area (Å²) >= 11 is 1.26. The third kappa shape index (κ3) is 6.48. The van der Waals surface area contributed by atoms with E-state index >= 15 is 0 Å². The van der Waals surface area contributed by atoms with Crippen molar-refractivity contribution in [2.75, 3.05) is 31.5 Å². The first-order valence-corrected chi connectivity index (χ1v) is 10.5. The molecule has 2 heterocycles. The van der Waals surface area contributed by atoms with E-state index in [0.717, 1.165) is 0 Å². The number of halogens is 1. The minimum absolute atomic E-state index is 0.0817. The van der Waals surface area contributed by atoms with Crippen molar-refractivity contribution in [1.82, 2.24) is 25.7 Å². The smallest absolute Gasteiger partial charge is 0.317 e. The number of carbonyl (C=O) groups excluding carboxylic acids is 3. The number of hydrogen-bond donors (Lipinski definition) is 3. The van der Waals surface area contributed by atoms with Gasteiger partial charge in [-0.3, -0.25) is 9.59 Å². The van der Waals surface area contributed by atoms with Crippen molar-refractivity contribution in [3.63, 3.8) is 0 Å². The standard InChI is InChI=1S/C19H23FN6O3S/c20-15-3-1-2-13(10-15)11-16(27)21-6-7-22-19(29)26-8-4-14(5-9-26)17(28)24-18-25-23-12-30-18/h1-3,10,12,14H,4-9,11H2,(H,21,27)(H,22,29)(H,24,25,28). The molecule has 2 aromatic rings. The molecule has 160 valence electrons. The van der Waals surface area contributed by atoms with Gasteiger partial charge in [-0.2, -0.15) is 0 Å². The molecule has 1 aromatic heterocycles. The van der Waals surface area contributed by atoms with E-state index in [-0.39, 0.29) is 49.1 Å². The van der Waals surface area contributed by atoms with Crippen LogP contribution < -0.4 is 16.0 Å². The Morgan fingerprint density at radius 2 is 1.93 bits per heavy atom. The van der Waals surface area contributed by atoms with E-state index < -0.39 is 0 Å². The Hall–Kier alpha value is -3.08. The summed E-state index contributed by atoms with van der Waals surface area (Å²) in [5, 5.41) is 16.1. The molecule has 4 amide bonds. The lowest BCUT2D eigenvalue weighted by Crippen LogP contribution is -2.47. The molecule has 1 aliphatic heterocycles. The lowest BCUT2D eigenvalue weighted by Gasteiger charge is -2.31. The van der Waals surface area contributed by atoms with Crippen molar-refractivity contribution in [2.45, 2.75) is 19.3 Å². The number of urea groups is 1. The summed E-state index contributed by atoms with van der Waals surface area (Å²) in [4.78, 5) is 38.0. The van der Waals surface area contributed by atoms with Gasteiger partial charge in [0.1, 0.15) is 11.3 Å². The SMILES string of the molecule is O=C(Cc1cccc(F)c1)NCCNC(=O)N1CCC(C(=O)Nc2nncs2)CC1. The van der Waals surface area contributed by atoms with Gasteiger partial charge in [0.05, 0.1) is 6.42 Å². The van der Waals surface area contributed by atoms with Gasteiger partial charge < -0.3 is 20.9 Å². The summed E-state index contributed by atoms with van der Waals surface area (Å²) in [5.74, 6) is -0.890. The van der Waals surface area contributed by atoms with E-state index in [4.69, 9.17) is 0 Å². The van der Waals surface area contributed by atoms with Crippen molar-refractivity contribution in [3.8, 4) is 0 Å². The minimum atomic E-state index is -0.381. The second-order valence-corrected chi connectivity index (χ2v) is 7.72. The zero-order chi connectivity index (χ0) is 21.3. The van der Waals surface area contributed by atoms with Gasteiger partial charge in [0.15, 0.2) is 0 Å². The Bertz CT molecular complexity index is 871. The van der Waals surface area contributed by atoms with Crippen LogP contribution in [0.15, 0.2) is 29.8 Å². The third-order valence-corrected chi connectivity index (χ3v) is 5.33. The molecule has 0 atom stereocenters. The number of rotatable bonds is 7. The molecule has 0 radical (unpaired) electrons. The maximum absolute atomic E-state index is 13.1. The number of anilines is 1. The van der Waals surface area contributed by atoms with E-state index in [1.165, 1.54) is 23.5 Å². The molecule has 1 aromatic carbocycles. The largest absolute Gasteiger partial charge is 0.354 e. The van der Waals surface area contributed by atoms with E-state index in [1.54, 1.807) is 22.5 Å². The summed E-state index contributed by atoms with van der Waals surface area (Å²) in [6.07, 6.45) is 1.23. The normalized spacial score (nSPS) is 14.2. The zero-order valence-electron chi connectivity index (χ0n) is 16.3. The number of carbonyl (C=O) groups is 3. The van der Waals surface area contributed by atoms with Crippen LogP contribution >= 0.6 is 11.3 Å². The monoisotopic (exact) mass is 434 g/mol. The predicted molar refractivity (Wildman–Crippen MR) is 109 cm³/mol. The highest BCUT2D eigenvalue weighted by atomic mass is 32.1. The van der Waals surface area contributed by atoms with Gasteiger partial charge in [0.25, 0.3) is 0 Å². The van der Waals surface area contributed by atoms with Crippen LogP contribution in [0.5, 0.6) is 0 Å². The highest BCUT2D eigenvalue weighted by Crippen LogP contribution is 2.20. The number of benzene rings is 1. The van der Waals surface area contributed by atoms with Crippen LogP contribution in [-0.2, 0) is 16.0 Å². The molecule has 0 aliphatic carbocycles. The first kappa shape index (κ1) is 21.6. The maximum Gasteiger partial charge on any atom is 0.317 e. The Balaban J connectivity index is 1.30. The first-order valence-electron chi connectivity index (χ1n) is 9.62. The van der Waals surface area contributed by atoms with Crippen LogP contribution in [0.4, 0.5) is 14.3 Å². The molecule has 3 N–H and O–H groups in total. The number of piperidine rings is 1. The van der Waals surface area contributed by atoms with Crippen LogP contribution in [0.3, 0.4) is 0 Å². The fourth-order valence-electron chi connectivity index (χ4n) is 3.16. The average Bonchev–Trinajstić information content (AvgIpc) is 3.24. The summed E-state index contributed by atoms with van der Waals surface area (Å²) < 4.78 is 13.1. The number of nitrogens with one attached hydrogen (secondary N) is 3. The van der Waals surface area contributed by atoms with Gasteiger partial charge >= 0.3 is 6.03 Å². The summed E-state index contributed by atoms with van der Waals surface area (Å²) in [5.41, 5.74) is 2.14. The number of hydrogen-bond acceptors (Lipinski definition) is 6. The van der Waals surface area contributed by atoms with Crippen molar-refractivity contribution in [2.24, 2.45) is 5.92 Å². The predicted octanol–water partition coefficient (Wildman–Crippen LogP) is 1.40. The number of aromatic nitrogens is 2. The van der Waals surface area contributed by atoms with Gasteiger partial charge in [-0.25, -0.2) is 9.18 Å². The Kier molecular flexibility index (Phi) is 7.66. The molecule has 0 unspecified atom stereocenters. The molecule has 0 saturated carbocycles. The van der Waals surface area contributed by atoms with Gasteiger partial charge in [0.2, 0.25) is 16.9 Å². The van der Waals surface area contributed by atoms with E-state index in [0.29, 0.717) is 36.6 Å². The minimum Gasteiger partial charge on any atom is -0.354 e. The quantitative estimate of drug-likeness (QED) is 0.570. The van der Waals surface area contributed by atoms with E-state index in [9.17, 15) is 18.8 Å². The van der Waals surface area contributed by atoms with Gasteiger partial charge in [-0.15, -0.1) is 10.2 Å². The molecule has 11 heteroatoms. The van der Waals surface area contributed by atoms with Crippen molar-refractivity contribution in [1.29, 1.82) is 0 Å². The maximum atomic E-state index is 13.1. The van der Waals surface area contributed by atoms with E-state index in [2.05, 4.69) is 26.1 Å². The number of nitrogens with zero attached hydrogens (tertiary/aromatic N) is 3. The molecule has 0 bridgehead atoms. The fourth-order valence-corrected chi connectivity index (χ4v) is 3.61. The van der Waals surface area contributed by atoms with Gasteiger partial charge in [0, 0.05) is 32.1 Å². The zero-order valence-corrected chi connectivity index (χ0v) is 17.1. The molecule has 0 spiro atoms. The molecule has 1 fully saturated rings. The molecular weight excluding hydrogens is 411 g/mol. The van der Waals surface area contributed by atoms with Crippen LogP contribution in [0.1, 0.15) is 18.4 Å². The highest BCUT2D eigenvalue weighted by Gasteiger charge is 2.27. The van der Waals surface area contributed by atoms with Gasteiger partial charge in [-0.05, 0) is 30.5 Å². The van der Waals surface area contributed by atoms with Crippen molar-refractivity contribution >= 4 is 34.3 Å². The molecule has 1 saturated heterocycles. The molecular formula is C19H23FN6O3S. The lowest BCUT2D eigenvalue weighted by molar-refractivity contribution is -0.121. The molecule has 3 rings (SSSR count). The van der Waals surface area contributed by atoms with Crippen LogP contribution in [0.25, 0.3) is 0 Å². The third-order valence-electron chi connectivity index (χ3n) is 4.72. The summed E-state index contributed by atoms with van der Waals surface area (Å²) in [6, 6.07) is 5.66.